The Morgan fingerprint density at radius 3 is 1.44 bits per heavy atom. The van der Waals surface area contributed by atoms with Gasteiger partial charge in [-0.05, 0) is 50.6 Å². The quantitative estimate of drug-likeness (QED) is 0.219. The minimum absolute atomic E-state index is 0.0194. The van der Waals surface area contributed by atoms with E-state index in [2.05, 4.69) is 89.9 Å². The topological polar surface area (TPSA) is 38.7 Å². The van der Waals surface area contributed by atoms with Gasteiger partial charge in [-0.25, -0.2) is 15.0 Å². The molecule has 0 amide bonds. The third-order valence-electron chi connectivity index (χ3n) is 8.65. The Hall–Kier alpha value is -5.67. The van der Waals surface area contributed by atoms with Gasteiger partial charge in [-0.2, -0.15) is 0 Å². The number of hydrogen-bond acceptors (Lipinski definition) is 3. The van der Waals surface area contributed by atoms with Crippen LogP contribution < -0.4 is 0 Å². The zero-order chi connectivity index (χ0) is 32.7. The fourth-order valence-electron chi connectivity index (χ4n) is 6.93. The fraction of sp³-hybridized carbons (Fsp3) is 0.0250. The van der Waals surface area contributed by atoms with Crippen LogP contribution in [0.3, 0.4) is 0 Å². The lowest BCUT2D eigenvalue weighted by Gasteiger charge is -2.30. The van der Waals surface area contributed by atoms with Gasteiger partial charge in [0.05, 0.1) is 12.3 Å². The molecule has 3 heteroatoms. The average Bonchev–Trinajstić information content (AvgIpc) is 3.61. The lowest BCUT2D eigenvalue weighted by atomic mass is 9.70. The molecule has 43 heavy (non-hydrogen) atoms. The zero-order valence-corrected chi connectivity index (χ0v) is 22.9. The molecule has 0 saturated carbocycles. The Balaban J connectivity index is 1.33. The van der Waals surface area contributed by atoms with Crippen molar-refractivity contribution in [3.63, 3.8) is 0 Å². The molecule has 3 nitrogen and oxygen atoms in total. The van der Waals surface area contributed by atoms with Crippen LogP contribution in [-0.2, 0) is 5.41 Å². The van der Waals surface area contributed by atoms with Crippen molar-refractivity contribution < 1.29 is 6.85 Å². The molecule has 0 bridgehead atoms. The van der Waals surface area contributed by atoms with E-state index in [-0.39, 0.29) is 23.5 Å². The Bertz CT molecular complexity index is 2390. The van der Waals surface area contributed by atoms with Gasteiger partial charge in [0.15, 0.2) is 17.5 Å². The van der Waals surface area contributed by atoms with E-state index in [4.69, 9.17) is 16.8 Å². The number of aromatic nitrogens is 3. The molecule has 0 radical (unpaired) electrons. The fourth-order valence-corrected chi connectivity index (χ4v) is 6.93. The summed E-state index contributed by atoms with van der Waals surface area (Å²) in [6.07, 6.45) is 0. The van der Waals surface area contributed by atoms with Crippen LogP contribution in [0.25, 0.3) is 56.4 Å². The zero-order valence-electron chi connectivity index (χ0n) is 27.9. The summed E-state index contributed by atoms with van der Waals surface area (Å²) in [6.45, 7) is 0. The summed E-state index contributed by atoms with van der Waals surface area (Å²) in [5.41, 5.74) is 10.3. The van der Waals surface area contributed by atoms with E-state index in [9.17, 15) is 0 Å². The third kappa shape index (κ3) is 3.39. The van der Waals surface area contributed by atoms with E-state index in [1.54, 1.807) is 0 Å². The number of hydrogen-bond donors (Lipinski definition) is 0. The predicted molar refractivity (Wildman–Crippen MR) is 172 cm³/mol. The van der Waals surface area contributed by atoms with Gasteiger partial charge in [0.2, 0.25) is 0 Å². The monoisotopic (exact) mass is 552 g/mol. The van der Waals surface area contributed by atoms with Crippen molar-refractivity contribution in [2.75, 3.05) is 0 Å². The van der Waals surface area contributed by atoms with Crippen molar-refractivity contribution in [2.45, 2.75) is 5.41 Å². The van der Waals surface area contributed by atoms with Gasteiger partial charge in [-0.1, -0.05) is 145 Å². The van der Waals surface area contributed by atoms with Crippen LogP contribution in [0, 0.1) is 0 Å². The molecule has 1 heterocycles. The number of rotatable bonds is 3. The molecular formula is C40H25N3. The number of fused-ring (bicyclic) bond motifs is 10. The van der Waals surface area contributed by atoms with E-state index < -0.39 is 23.5 Å². The Morgan fingerprint density at radius 2 is 0.860 bits per heavy atom. The van der Waals surface area contributed by atoms with Crippen LogP contribution in [0.5, 0.6) is 0 Å². The molecule has 0 aliphatic heterocycles. The highest BCUT2D eigenvalue weighted by Crippen LogP contribution is 2.62. The maximum absolute atomic E-state index is 8.67. The first kappa shape index (κ1) is 19.5. The van der Waals surface area contributed by atoms with Crippen molar-refractivity contribution >= 4 is 0 Å². The highest BCUT2D eigenvalue weighted by molar-refractivity contribution is 5.95. The molecule has 0 saturated heterocycles. The molecule has 2 aliphatic carbocycles. The van der Waals surface area contributed by atoms with Gasteiger partial charge in [0.25, 0.3) is 0 Å². The predicted octanol–water partition coefficient (Wildman–Crippen LogP) is 9.22. The molecular weight excluding hydrogens is 522 g/mol. The maximum atomic E-state index is 8.67. The van der Waals surface area contributed by atoms with E-state index in [1.807, 2.05) is 36.4 Å². The summed E-state index contributed by atoms with van der Waals surface area (Å²) in [5.74, 6) is 0.711. The molecule has 0 unspecified atom stereocenters. The minimum atomic E-state index is -0.555. The second-order valence-corrected chi connectivity index (χ2v) is 10.8. The van der Waals surface area contributed by atoms with Gasteiger partial charge in [-0.15, -0.1) is 0 Å². The molecule has 200 valence electrons. The molecule has 0 fully saturated rings. The smallest absolute Gasteiger partial charge is 0.164 e. The standard InChI is InChI=1S/C40H25N3/c1-3-13-26(14-4-1)37-41-38(27-15-5-2-6-16-27)43-39(42-37)28-23-24-32-31-19-9-12-22-35(31)40(36(32)25-28)33-20-10-7-17-29(33)30-18-8-11-21-34(30)40/h1-25H/i1D,3D,4D,13D,14D. The second-order valence-electron chi connectivity index (χ2n) is 10.8. The van der Waals surface area contributed by atoms with Crippen LogP contribution >= 0.6 is 0 Å². The number of nitrogens with zero attached hydrogens (tertiary/aromatic N) is 3. The molecule has 1 aromatic heterocycles. The Labute approximate surface area is 257 Å². The van der Waals surface area contributed by atoms with Crippen LogP contribution in [-0.4, -0.2) is 15.0 Å². The second kappa shape index (κ2) is 9.17. The van der Waals surface area contributed by atoms with Gasteiger partial charge >= 0.3 is 0 Å². The van der Waals surface area contributed by atoms with E-state index >= 15 is 0 Å². The summed E-state index contributed by atoms with van der Waals surface area (Å²) < 4.78 is 42.1. The lowest BCUT2D eigenvalue weighted by Crippen LogP contribution is -2.25. The molecule has 7 aromatic rings. The Morgan fingerprint density at radius 1 is 0.395 bits per heavy atom. The Kier molecular flexibility index (Phi) is 4.15. The average molecular weight is 553 g/mol. The van der Waals surface area contributed by atoms with Crippen molar-refractivity contribution in [2.24, 2.45) is 0 Å². The van der Waals surface area contributed by atoms with E-state index in [0.717, 1.165) is 22.3 Å². The number of benzene rings is 6. The van der Waals surface area contributed by atoms with Crippen LogP contribution in [0.2, 0.25) is 0 Å². The summed E-state index contributed by atoms with van der Waals surface area (Å²) >= 11 is 0. The lowest BCUT2D eigenvalue weighted by molar-refractivity contribution is 0.794. The first-order chi connectivity index (χ1) is 23.4. The molecule has 9 rings (SSSR count). The van der Waals surface area contributed by atoms with Gasteiger partial charge in [0, 0.05) is 16.7 Å². The first-order valence-corrected chi connectivity index (χ1v) is 14.2. The molecule has 6 aromatic carbocycles. The van der Waals surface area contributed by atoms with Gasteiger partial charge in [0.1, 0.15) is 0 Å². The van der Waals surface area contributed by atoms with Crippen molar-refractivity contribution in [1.82, 2.24) is 15.0 Å². The van der Waals surface area contributed by atoms with E-state index in [1.165, 1.54) is 33.4 Å². The largest absolute Gasteiger partial charge is 0.208 e. The van der Waals surface area contributed by atoms with Crippen LogP contribution in [0.1, 0.15) is 29.1 Å². The van der Waals surface area contributed by atoms with Crippen LogP contribution in [0.15, 0.2) is 152 Å². The maximum Gasteiger partial charge on any atom is 0.164 e. The highest BCUT2D eigenvalue weighted by Gasteiger charge is 2.51. The van der Waals surface area contributed by atoms with E-state index in [0.29, 0.717) is 11.6 Å². The molecule has 0 N–H and O–H groups in total. The van der Waals surface area contributed by atoms with Crippen molar-refractivity contribution in [3.05, 3.63) is 174 Å². The molecule has 2 aliphatic rings. The summed E-state index contributed by atoms with van der Waals surface area (Å²) in [6, 6.07) is 39.4. The molecule has 1 spiro atoms. The summed E-state index contributed by atoms with van der Waals surface area (Å²) in [4.78, 5) is 14.4. The van der Waals surface area contributed by atoms with Crippen LogP contribution in [0.4, 0.5) is 0 Å². The van der Waals surface area contributed by atoms with Crippen molar-refractivity contribution in [1.29, 1.82) is 0 Å². The molecule has 0 atom stereocenters. The van der Waals surface area contributed by atoms with Crippen molar-refractivity contribution in [3.8, 4) is 56.4 Å². The SMILES string of the molecule is [2H]c1c([2H])c([2H])c(-c2nc(-c3ccccc3)nc(-c3ccc4c(c3)C3(c5ccccc5-c5ccccc53)c3ccccc3-4)n2)c([2H])c1[2H]. The summed E-state index contributed by atoms with van der Waals surface area (Å²) in [7, 11) is 0. The normalized spacial score (nSPS) is 14.9. The van der Waals surface area contributed by atoms with Gasteiger partial charge in [-0.3, -0.25) is 0 Å². The minimum Gasteiger partial charge on any atom is -0.208 e. The third-order valence-corrected chi connectivity index (χ3v) is 8.65. The first-order valence-electron chi connectivity index (χ1n) is 16.7. The summed E-state index contributed by atoms with van der Waals surface area (Å²) in [5, 5.41) is 0. The highest BCUT2D eigenvalue weighted by atomic mass is 15.0. The van der Waals surface area contributed by atoms with Gasteiger partial charge < -0.3 is 0 Å².